The maximum atomic E-state index is 13.7. The fourth-order valence-corrected chi connectivity index (χ4v) is 2.05. The molecule has 1 aliphatic rings. The van der Waals surface area contributed by atoms with E-state index in [2.05, 4.69) is 10.4 Å². The van der Waals surface area contributed by atoms with E-state index in [-0.39, 0.29) is 17.7 Å². The molecule has 1 aliphatic heterocycles. The van der Waals surface area contributed by atoms with E-state index >= 15 is 0 Å². The van der Waals surface area contributed by atoms with Crippen LogP contribution in [0.15, 0.2) is 6.07 Å². The minimum absolute atomic E-state index is 0.0938. The molecule has 3 N–H and O–H groups in total. The van der Waals surface area contributed by atoms with E-state index in [1.807, 2.05) is 0 Å². The quantitative estimate of drug-likeness (QED) is 0.631. The fraction of sp³-hybridized carbons (Fsp3) is 0.545. The van der Waals surface area contributed by atoms with Crippen LogP contribution in [0.5, 0.6) is 0 Å². The zero-order valence-corrected chi connectivity index (χ0v) is 10.1. The second-order valence-corrected chi connectivity index (χ2v) is 4.22. The molecule has 1 aromatic heterocycles. The third kappa shape index (κ3) is 2.51. The van der Waals surface area contributed by atoms with E-state index in [1.165, 1.54) is 0 Å². The van der Waals surface area contributed by atoms with Gasteiger partial charge in [0.2, 0.25) is 0 Å². The van der Waals surface area contributed by atoms with Gasteiger partial charge in [-0.2, -0.15) is 0 Å². The summed E-state index contributed by atoms with van der Waals surface area (Å²) in [4.78, 5) is 5.57. The lowest BCUT2D eigenvalue weighted by Gasteiger charge is -2.32. The highest BCUT2D eigenvalue weighted by atomic mass is 19.1. The topological polar surface area (TPSA) is 63.4 Å². The molecule has 0 aliphatic carbocycles. The lowest BCUT2D eigenvalue weighted by atomic mass is 10.1. The van der Waals surface area contributed by atoms with Crippen molar-refractivity contribution in [3.05, 3.63) is 17.7 Å². The van der Waals surface area contributed by atoms with Gasteiger partial charge in [-0.3, -0.25) is 0 Å². The predicted molar refractivity (Wildman–Crippen MR) is 64.2 cm³/mol. The SMILES string of the molecule is CN(c1nc(NN)c(F)cc1F)C1CCOCC1. The van der Waals surface area contributed by atoms with Crippen LogP contribution in [-0.4, -0.2) is 31.3 Å². The van der Waals surface area contributed by atoms with Crippen molar-refractivity contribution >= 4 is 11.6 Å². The number of nitrogens with two attached hydrogens (primary N) is 1. The van der Waals surface area contributed by atoms with Crippen LogP contribution in [0.3, 0.4) is 0 Å². The molecule has 0 bridgehead atoms. The minimum Gasteiger partial charge on any atom is -0.381 e. The van der Waals surface area contributed by atoms with Gasteiger partial charge in [0, 0.05) is 32.4 Å². The standard InChI is InChI=1S/C11H16F2N4O/c1-17(7-2-4-18-5-3-7)11-9(13)6-8(12)10(15-11)16-14/h6-7H,2-5,14H2,1H3,(H,15,16). The first-order valence-corrected chi connectivity index (χ1v) is 5.76. The molecule has 18 heavy (non-hydrogen) atoms. The van der Waals surface area contributed by atoms with Crippen LogP contribution in [0, 0.1) is 11.6 Å². The predicted octanol–water partition coefficient (Wildman–Crippen LogP) is 1.26. The Morgan fingerprint density at radius 1 is 1.39 bits per heavy atom. The highest BCUT2D eigenvalue weighted by molar-refractivity contribution is 5.49. The third-order valence-corrected chi connectivity index (χ3v) is 3.12. The number of hydrogen-bond donors (Lipinski definition) is 2. The van der Waals surface area contributed by atoms with Gasteiger partial charge in [-0.05, 0) is 12.8 Å². The van der Waals surface area contributed by atoms with Gasteiger partial charge in [0.05, 0.1) is 0 Å². The Hall–Kier alpha value is -1.47. The first-order valence-electron chi connectivity index (χ1n) is 5.76. The summed E-state index contributed by atoms with van der Waals surface area (Å²) in [6, 6.07) is 0.921. The maximum Gasteiger partial charge on any atom is 0.178 e. The van der Waals surface area contributed by atoms with Crippen LogP contribution in [0.1, 0.15) is 12.8 Å². The van der Waals surface area contributed by atoms with Crippen molar-refractivity contribution in [1.82, 2.24) is 4.98 Å². The van der Waals surface area contributed by atoms with Gasteiger partial charge in [0.25, 0.3) is 0 Å². The molecule has 2 heterocycles. The highest BCUT2D eigenvalue weighted by Crippen LogP contribution is 2.25. The molecular weight excluding hydrogens is 242 g/mol. The molecule has 1 aromatic rings. The number of aromatic nitrogens is 1. The van der Waals surface area contributed by atoms with Crippen molar-refractivity contribution in [2.45, 2.75) is 18.9 Å². The summed E-state index contributed by atoms with van der Waals surface area (Å²) in [6.45, 7) is 1.28. The average Bonchev–Trinajstić information content (AvgIpc) is 2.39. The molecule has 0 saturated carbocycles. The number of nitrogen functional groups attached to an aromatic ring is 1. The number of hydrogen-bond acceptors (Lipinski definition) is 5. The van der Waals surface area contributed by atoms with Crippen molar-refractivity contribution in [3.63, 3.8) is 0 Å². The largest absolute Gasteiger partial charge is 0.381 e. The van der Waals surface area contributed by atoms with Gasteiger partial charge < -0.3 is 15.1 Å². The van der Waals surface area contributed by atoms with Crippen molar-refractivity contribution in [3.8, 4) is 0 Å². The van der Waals surface area contributed by atoms with Crippen molar-refractivity contribution < 1.29 is 13.5 Å². The van der Waals surface area contributed by atoms with Gasteiger partial charge in [-0.25, -0.2) is 19.6 Å². The second kappa shape index (κ2) is 5.45. The minimum atomic E-state index is -0.806. The lowest BCUT2D eigenvalue weighted by molar-refractivity contribution is 0.0852. The van der Waals surface area contributed by atoms with Crippen LogP contribution in [-0.2, 0) is 4.74 Å². The molecule has 0 spiro atoms. The zero-order valence-electron chi connectivity index (χ0n) is 10.1. The number of rotatable bonds is 3. The maximum absolute atomic E-state index is 13.7. The van der Waals surface area contributed by atoms with E-state index < -0.39 is 11.6 Å². The Balaban J connectivity index is 2.25. The van der Waals surface area contributed by atoms with E-state index in [1.54, 1.807) is 11.9 Å². The molecule has 0 atom stereocenters. The number of anilines is 2. The lowest BCUT2D eigenvalue weighted by Crippen LogP contribution is -2.37. The smallest absolute Gasteiger partial charge is 0.178 e. The Bertz CT molecular complexity index is 424. The van der Waals surface area contributed by atoms with Crippen molar-refractivity contribution in [2.75, 3.05) is 30.6 Å². The molecule has 0 aromatic carbocycles. The molecule has 1 fully saturated rings. The van der Waals surface area contributed by atoms with Crippen LogP contribution >= 0.6 is 0 Å². The van der Waals surface area contributed by atoms with E-state index in [0.29, 0.717) is 13.2 Å². The van der Waals surface area contributed by atoms with Crippen molar-refractivity contribution in [1.29, 1.82) is 0 Å². The van der Waals surface area contributed by atoms with Gasteiger partial charge in [0.1, 0.15) is 0 Å². The normalized spacial score (nSPS) is 16.7. The van der Waals surface area contributed by atoms with E-state index in [0.717, 1.165) is 18.9 Å². The molecule has 2 rings (SSSR count). The summed E-state index contributed by atoms with van der Waals surface area (Å²) >= 11 is 0. The molecule has 5 nitrogen and oxygen atoms in total. The monoisotopic (exact) mass is 258 g/mol. The zero-order chi connectivity index (χ0) is 13.1. The molecule has 0 amide bonds. The Morgan fingerprint density at radius 3 is 2.67 bits per heavy atom. The molecule has 100 valence electrons. The summed E-state index contributed by atoms with van der Waals surface area (Å²) < 4.78 is 32.2. The number of nitrogens with zero attached hydrogens (tertiary/aromatic N) is 2. The summed E-state index contributed by atoms with van der Waals surface area (Å²) in [5, 5.41) is 0. The highest BCUT2D eigenvalue weighted by Gasteiger charge is 2.23. The third-order valence-electron chi connectivity index (χ3n) is 3.12. The van der Waals surface area contributed by atoms with Crippen molar-refractivity contribution in [2.24, 2.45) is 5.84 Å². The van der Waals surface area contributed by atoms with E-state index in [4.69, 9.17) is 10.6 Å². The van der Waals surface area contributed by atoms with Gasteiger partial charge in [-0.15, -0.1) is 0 Å². The molecule has 0 unspecified atom stereocenters. The van der Waals surface area contributed by atoms with Gasteiger partial charge in [0.15, 0.2) is 23.3 Å². The molecular formula is C11H16F2N4O. The van der Waals surface area contributed by atoms with Gasteiger partial charge >= 0.3 is 0 Å². The van der Waals surface area contributed by atoms with Gasteiger partial charge in [-0.1, -0.05) is 0 Å². The first kappa shape index (κ1) is 13.0. The number of ether oxygens (including phenoxy) is 1. The van der Waals surface area contributed by atoms with E-state index in [9.17, 15) is 8.78 Å². The summed E-state index contributed by atoms with van der Waals surface area (Å²) in [7, 11) is 1.74. The molecule has 7 heteroatoms. The Morgan fingerprint density at radius 2 is 2.06 bits per heavy atom. The molecule has 0 radical (unpaired) electrons. The Kier molecular flexibility index (Phi) is 3.93. The summed E-state index contributed by atoms with van der Waals surface area (Å²) in [5.41, 5.74) is 2.12. The second-order valence-electron chi connectivity index (χ2n) is 4.22. The van der Waals surface area contributed by atoms with Crippen LogP contribution in [0.4, 0.5) is 20.4 Å². The number of halogens is 2. The summed E-state index contributed by atoms with van der Waals surface area (Å²) in [5.74, 6) is 3.57. The number of pyridine rings is 1. The summed E-state index contributed by atoms with van der Waals surface area (Å²) in [6.07, 6.45) is 1.58. The van der Waals surface area contributed by atoms with Crippen LogP contribution in [0.2, 0.25) is 0 Å². The number of hydrazine groups is 1. The molecule has 1 saturated heterocycles. The fourth-order valence-electron chi connectivity index (χ4n) is 2.05. The van der Waals surface area contributed by atoms with Crippen LogP contribution in [0.25, 0.3) is 0 Å². The Labute approximate surface area is 104 Å². The number of nitrogens with one attached hydrogen (secondary N) is 1. The first-order chi connectivity index (χ1) is 8.63. The van der Waals surface area contributed by atoms with Crippen LogP contribution < -0.4 is 16.2 Å². The average molecular weight is 258 g/mol.